The fourth-order valence-corrected chi connectivity index (χ4v) is 6.60. The number of nitrogens with one attached hydrogen (secondary N) is 1. The molecule has 0 atom stereocenters. The highest BCUT2D eigenvalue weighted by atomic mass is 32.2. The molecule has 0 radical (unpaired) electrons. The SMILES string of the molecule is COc1cccc(Nc2ncnc3sc4c(c23)CCN(S(=O)(=O)c2ccc(F)cc2F)C4)c1. The maximum atomic E-state index is 14.2. The Morgan fingerprint density at radius 1 is 1.15 bits per heavy atom. The maximum Gasteiger partial charge on any atom is 0.246 e. The standard InChI is InChI=1S/C22H18F2N4O3S2/c1-31-15-4-2-3-14(10-15)27-21-20-16-7-8-28(11-18(16)32-22(20)26-12-25-21)33(29,30)19-6-5-13(23)9-17(19)24/h2-6,9-10,12H,7-8,11H2,1H3,(H,25,26,27). The van der Waals surface area contributed by atoms with Crippen LogP contribution in [0.3, 0.4) is 0 Å². The molecule has 0 aliphatic carbocycles. The van der Waals surface area contributed by atoms with Gasteiger partial charge in [0, 0.05) is 35.8 Å². The van der Waals surface area contributed by atoms with Crippen molar-refractivity contribution in [2.45, 2.75) is 17.9 Å². The number of fused-ring (bicyclic) bond motifs is 3. The topological polar surface area (TPSA) is 84.4 Å². The molecule has 0 saturated carbocycles. The van der Waals surface area contributed by atoms with E-state index >= 15 is 0 Å². The summed E-state index contributed by atoms with van der Waals surface area (Å²) in [7, 11) is -2.53. The van der Waals surface area contributed by atoms with Crippen LogP contribution >= 0.6 is 11.3 Å². The largest absolute Gasteiger partial charge is 0.497 e. The van der Waals surface area contributed by atoms with Crippen LogP contribution in [0.2, 0.25) is 0 Å². The molecule has 170 valence electrons. The highest BCUT2D eigenvalue weighted by Gasteiger charge is 2.33. The molecule has 1 aliphatic heterocycles. The van der Waals surface area contributed by atoms with Crippen molar-refractivity contribution in [1.82, 2.24) is 14.3 Å². The summed E-state index contributed by atoms with van der Waals surface area (Å²) in [5, 5.41) is 4.13. The molecular formula is C22H18F2N4O3S2. The van der Waals surface area contributed by atoms with Crippen molar-refractivity contribution in [3.8, 4) is 5.75 Å². The van der Waals surface area contributed by atoms with Crippen molar-refractivity contribution in [1.29, 1.82) is 0 Å². The first-order valence-electron chi connectivity index (χ1n) is 9.98. The number of halogens is 2. The Morgan fingerprint density at radius 3 is 2.79 bits per heavy atom. The third-order valence-electron chi connectivity index (χ3n) is 5.45. The van der Waals surface area contributed by atoms with Crippen molar-refractivity contribution in [2.24, 2.45) is 0 Å². The van der Waals surface area contributed by atoms with E-state index in [1.165, 1.54) is 22.0 Å². The molecule has 7 nitrogen and oxygen atoms in total. The van der Waals surface area contributed by atoms with Gasteiger partial charge in [-0.15, -0.1) is 11.3 Å². The van der Waals surface area contributed by atoms with Crippen molar-refractivity contribution < 1.29 is 21.9 Å². The van der Waals surface area contributed by atoms with Gasteiger partial charge >= 0.3 is 0 Å². The van der Waals surface area contributed by atoms with E-state index in [4.69, 9.17) is 4.74 Å². The van der Waals surface area contributed by atoms with Crippen molar-refractivity contribution >= 4 is 43.1 Å². The average Bonchev–Trinajstić information content (AvgIpc) is 3.18. The van der Waals surface area contributed by atoms with Gasteiger partial charge in [0.1, 0.15) is 39.3 Å². The summed E-state index contributed by atoms with van der Waals surface area (Å²) in [6.45, 7) is 0.236. The van der Waals surface area contributed by atoms with E-state index in [9.17, 15) is 17.2 Å². The number of hydrogen-bond donors (Lipinski definition) is 1. The van der Waals surface area contributed by atoms with E-state index in [2.05, 4.69) is 15.3 Å². The van der Waals surface area contributed by atoms with E-state index in [0.717, 1.165) is 38.5 Å². The number of aromatic nitrogens is 2. The van der Waals surface area contributed by atoms with Gasteiger partial charge in [-0.3, -0.25) is 0 Å². The normalized spacial score (nSPS) is 14.3. The van der Waals surface area contributed by atoms with E-state index < -0.39 is 26.6 Å². The van der Waals surface area contributed by atoms with Gasteiger partial charge in [0.25, 0.3) is 0 Å². The highest BCUT2D eigenvalue weighted by molar-refractivity contribution is 7.89. The van der Waals surface area contributed by atoms with Crippen LogP contribution in [-0.4, -0.2) is 36.3 Å². The van der Waals surface area contributed by atoms with Gasteiger partial charge in [-0.2, -0.15) is 4.31 Å². The Labute approximate surface area is 192 Å². The summed E-state index contributed by atoms with van der Waals surface area (Å²) in [5.74, 6) is -0.613. The zero-order valence-electron chi connectivity index (χ0n) is 17.4. The minimum absolute atomic E-state index is 0.0775. The van der Waals surface area contributed by atoms with Crippen molar-refractivity contribution in [3.63, 3.8) is 0 Å². The van der Waals surface area contributed by atoms with Crippen LogP contribution in [0, 0.1) is 11.6 Å². The van der Waals surface area contributed by atoms with Gasteiger partial charge in [0.05, 0.1) is 12.5 Å². The lowest BCUT2D eigenvalue weighted by Crippen LogP contribution is -2.35. The summed E-state index contributed by atoms with van der Waals surface area (Å²) in [4.78, 5) is 9.78. The lowest BCUT2D eigenvalue weighted by atomic mass is 10.1. The van der Waals surface area contributed by atoms with Crippen LogP contribution in [0.1, 0.15) is 10.4 Å². The number of hydrogen-bond acceptors (Lipinski definition) is 7. The summed E-state index contributed by atoms with van der Waals surface area (Å²) in [6, 6.07) is 9.91. The molecule has 0 spiro atoms. The molecule has 2 aromatic heterocycles. The molecule has 33 heavy (non-hydrogen) atoms. The van der Waals surface area contributed by atoms with Crippen LogP contribution in [0.25, 0.3) is 10.2 Å². The third kappa shape index (κ3) is 3.92. The monoisotopic (exact) mass is 488 g/mol. The first-order chi connectivity index (χ1) is 15.9. The molecule has 0 fully saturated rings. The van der Waals surface area contributed by atoms with Crippen LogP contribution in [0.5, 0.6) is 5.75 Å². The minimum Gasteiger partial charge on any atom is -0.497 e. The quantitative estimate of drug-likeness (QED) is 0.446. The van der Waals surface area contributed by atoms with E-state index in [1.807, 2.05) is 24.3 Å². The lowest BCUT2D eigenvalue weighted by Gasteiger charge is -2.26. The van der Waals surface area contributed by atoms with Crippen LogP contribution in [0.4, 0.5) is 20.3 Å². The number of anilines is 2. The predicted octanol–water partition coefficient (Wildman–Crippen LogP) is 4.47. The van der Waals surface area contributed by atoms with Gasteiger partial charge in [-0.05, 0) is 36.2 Å². The fourth-order valence-electron chi connectivity index (χ4n) is 3.87. The van der Waals surface area contributed by atoms with Gasteiger partial charge in [0.15, 0.2) is 0 Å². The Bertz CT molecular complexity index is 1470. The van der Waals surface area contributed by atoms with Gasteiger partial charge in [0.2, 0.25) is 10.0 Å². The second-order valence-electron chi connectivity index (χ2n) is 7.43. The number of ether oxygens (including phenoxy) is 1. The molecule has 5 rings (SSSR count). The van der Waals surface area contributed by atoms with Crippen LogP contribution < -0.4 is 10.1 Å². The number of thiophene rings is 1. The maximum absolute atomic E-state index is 14.2. The fraction of sp³-hybridized carbons (Fsp3) is 0.182. The molecule has 0 amide bonds. The molecule has 11 heteroatoms. The van der Waals surface area contributed by atoms with Gasteiger partial charge in [-0.1, -0.05) is 6.07 Å². The molecule has 0 unspecified atom stereocenters. The highest BCUT2D eigenvalue weighted by Crippen LogP contribution is 2.39. The Hall–Kier alpha value is -3.15. The van der Waals surface area contributed by atoms with Crippen molar-refractivity contribution in [2.75, 3.05) is 19.0 Å². The first kappa shape index (κ1) is 21.7. The smallest absolute Gasteiger partial charge is 0.246 e. The zero-order chi connectivity index (χ0) is 23.2. The zero-order valence-corrected chi connectivity index (χ0v) is 19.0. The predicted molar refractivity (Wildman–Crippen MR) is 121 cm³/mol. The molecule has 4 aromatic rings. The van der Waals surface area contributed by atoms with Crippen LogP contribution in [-0.2, 0) is 23.0 Å². The lowest BCUT2D eigenvalue weighted by molar-refractivity contribution is 0.393. The second-order valence-corrected chi connectivity index (χ2v) is 10.4. The Balaban J connectivity index is 1.49. The summed E-state index contributed by atoms with van der Waals surface area (Å²) in [5.41, 5.74) is 1.76. The van der Waals surface area contributed by atoms with E-state index in [-0.39, 0.29) is 13.1 Å². The number of rotatable bonds is 5. The molecule has 1 aliphatic rings. The third-order valence-corrected chi connectivity index (χ3v) is 8.45. The molecule has 2 aromatic carbocycles. The molecule has 0 saturated heterocycles. The number of sulfonamides is 1. The summed E-state index contributed by atoms with van der Waals surface area (Å²) >= 11 is 1.38. The Morgan fingerprint density at radius 2 is 2.00 bits per heavy atom. The number of benzene rings is 2. The summed E-state index contributed by atoms with van der Waals surface area (Å²) in [6.07, 6.45) is 1.87. The molecule has 0 bridgehead atoms. The van der Waals surface area contributed by atoms with Crippen LogP contribution in [0.15, 0.2) is 53.7 Å². The molecule has 3 heterocycles. The minimum atomic E-state index is -4.12. The molecule has 1 N–H and O–H groups in total. The summed E-state index contributed by atoms with van der Waals surface area (Å²) < 4.78 is 60.0. The first-order valence-corrected chi connectivity index (χ1v) is 12.2. The number of methoxy groups -OCH3 is 1. The van der Waals surface area contributed by atoms with Gasteiger partial charge < -0.3 is 10.1 Å². The Kier molecular flexibility index (Phi) is 5.47. The second kappa shape index (κ2) is 8.32. The van der Waals surface area contributed by atoms with Crippen molar-refractivity contribution in [3.05, 3.63) is 70.9 Å². The molecular weight excluding hydrogens is 470 g/mol. The average molecular weight is 489 g/mol. The number of nitrogens with zero attached hydrogens (tertiary/aromatic N) is 3. The van der Waals surface area contributed by atoms with E-state index in [0.29, 0.717) is 24.1 Å². The van der Waals surface area contributed by atoms with E-state index in [1.54, 1.807) is 7.11 Å². The van der Waals surface area contributed by atoms with Gasteiger partial charge in [-0.25, -0.2) is 27.2 Å².